The van der Waals surface area contributed by atoms with Crippen LogP contribution < -0.4 is 10.6 Å². The normalized spacial score (nSPS) is 10.4. The van der Waals surface area contributed by atoms with Crippen molar-refractivity contribution in [3.8, 4) is 0 Å². The predicted octanol–water partition coefficient (Wildman–Crippen LogP) is 2.70. The minimum absolute atomic E-state index is 0.303. The molecule has 6 nitrogen and oxygen atoms in total. The van der Waals surface area contributed by atoms with Gasteiger partial charge in [-0.15, -0.1) is 10.2 Å². The van der Waals surface area contributed by atoms with Crippen molar-refractivity contribution in [1.29, 1.82) is 0 Å². The fourth-order valence-corrected chi connectivity index (χ4v) is 1.94. The van der Waals surface area contributed by atoms with Crippen LogP contribution in [0.25, 0.3) is 0 Å². The minimum Gasteiger partial charge on any atom is -0.292 e. The summed E-state index contributed by atoms with van der Waals surface area (Å²) in [7, 11) is 0. The zero-order valence-electron chi connectivity index (χ0n) is 10.0. The van der Waals surface area contributed by atoms with E-state index in [0.717, 1.165) is 5.01 Å². The molecule has 0 aliphatic carbocycles. The van der Waals surface area contributed by atoms with Crippen molar-refractivity contribution < 1.29 is 4.79 Å². The van der Waals surface area contributed by atoms with Gasteiger partial charge in [-0.1, -0.05) is 31.3 Å². The zero-order valence-corrected chi connectivity index (χ0v) is 10.9. The first-order chi connectivity index (χ1) is 8.65. The summed E-state index contributed by atoms with van der Waals surface area (Å²) in [5.74, 6) is 0.792. The van der Waals surface area contributed by atoms with Gasteiger partial charge in [0.2, 0.25) is 5.13 Å². The van der Waals surface area contributed by atoms with Crippen LogP contribution in [0, 0.1) is 0 Å². The fraction of sp³-hybridized carbons (Fsp3) is 0.273. The highest BCUT2D eigenvalue weighted by molar-refractivity contribution is 7.15. The molecule has 0 aliphatic heterocycles. The van der Waals surface area contributed by atoms with E-state index >= 15 is 0 Å². The van der Waals surface area contributed by atoms with Crippen LogP contribution in [0.15, 0.2) is 24.4 Å². The predicted molar refractivity (Wildman–Crippen MR) is 70.9 cm³/mol. The molecule has 0 spiro atoms. The lowest BCUT2D eigenvalue weighted by molar-refractivity contribution is 0.262. The van der Waals surface area contributed by atoms with E-state index < -0.39 is 0 Å². The molecule has 2 N–H and O–H groups in total. The lowest BCUT2D eigenvalue weighted by Gasteiger charge is -2.03. The number of aromatic nitrogens is 3. The van der Waals surface area contributed by atoms with E-state index in [2.05, 4.69) is 25.8 Å². The van der Waals surface area contributed by atoms with Crippen molar-refractivity contribution in [3.05, 3.63) is 29.4 Å². The second kappa shape index (κ2) is 5.54. The second-order valence-corrected chi connectivity index (χ2v) is 4.90. The largest absolute Gasteiger partial charge is 0.326 e. The Balaban J connectivity index is 1.95. The third-order valence-corrected chi connectivity index (χ3v) is 3.20. The van der Waals surface area contributed by atoms with Crippen molar-refractivity contribution in [2.45, 2.75) is 19.8 Å². The van der Waals surface area contributed by atoms with Crippen LogP contribution in [0.3, 0.4) is 0 Å². The minimum atomic E-state index is -0.375. The Morgan fingerprint density at radius 2 is 2.11 bits per heavy atom. The van der Waals surface area contributed by atoms with Gasteiger partial charge in [0.05, 0.1) is 0 Å². The summed E-state index contributed by atoms with van der Waals surface area (Å²) in [4.78, 5) is 15.6. The Morgan fingerprint density at radius 3 is 2.72 bits per heavy atom. The maximum absolute atomic E-state index is 11.6. The number of carbonyl (C=O) groups is 1. The number of hydrogen-bond acceptors (Lipinski definition) is 5. The summed E-state index contributed by atoms with van der Waals surface area (Å²) in [6, 6.07) is 4.91. The van der Waals surface area contributed by atoms with Crippen molar-refractivity contribution in [2.24, 2.45) is 0 Å². The summed E-state index contributed by atoms with van der Waals surface area (Å²) in [6.07, 6.45) is 1.61. The summed E-state index contributed by atoms with van der Waals surface area (Å²) in [5.41, 5.74) is 0. The third-order valence-electron chi connectivity index (χ3n) is 2.06. The molecule has 2 rings (SSSR count). The molecule has 0 saturated heterocycles. The molecular weight excluding hydrogens is 250 g/mol. The maximum Gasteiger partial charge on any atom is 0.326 e. The van der Waals surface area contributed by atoms with Gasteiger partial charge >= 0.3 is 6.03 Å². The van der Waals surface area contributed by atoms with Gasteiger partial charge in [-0.2, -0.15) is 0 Å². The second-order valence-electron chi connectivity index (χ2n) is 3.89. The Bertz CT molecular complexity index is 525. The quantitative estimate of drug-likeness (QED) is 0.892. The number of nitrogens with one attached hydrogen (secondary N) is 2. The molecule has 2 heterocycles. The van der Waals surface area contributed by atoms with Gasteiger partial charge in [0.1, 0.15) is 10.8 Å². The third kappa shape index (κ3) is 3.24. The van der Waals surface area contributed by atoms with Crippen LogP contribution in [0.4, 0.5) is 15.7 Å². The molecule has 0 aliphatic rings. The van der Waals surface area contributed by atoms with E-state index in [-0.39, 0.29) is 6.03 Å². The smallest absolute Gasteiger partial charge is 0.292 e. The highest BCUT2D eigenvalue weighted by atomic mass is 32.1. The fourth-order valence-electron chi connectivity index (χ4n) is 1.20. The topological polar surface area (TPSA) is 79.8 Å². The molecule has 2 aromatic heterocycles. The molecule has 0 fully saturated rings. The van der Waals surface area contributed by atoms with E-state index in [1.807, 2.05) is 13.8 Å². The number of hydrogen-bond donors (Lipinski definition) is 2. The molecule has 0 bridgehead atoms. The van der Waals surface area contributed by atoms with E-state index in [1.54, 1.807) is 24.4 Å². The van der Waals surface area contributed by atoms with Gasteiger partial charge < -0.3 is 0 Å². The van der Waals surface area contributed by atoms with Crippen LogP contribution in [-0.4, -0.2) is 21.2 Å². The Hall–Kier alpha value is -2.02. The van der Waals surface area contributed by atoms with Gasteiger partial charge in [-0.25, -0.2) is 9.78 Å². The number of nitrogens with zero attached hydrogens (tertiary/aromatic N) is 3. The molecule has 94 valence electrons. The molecule has 0 radical (unpaired) electrons. The van der Waals surface area contributed by atoms with Crippen LogP contribution in [0.2, 0.25) is 0 Å². The number of amides is 2. The molecule has 2 aromatic rings. The van der Waals surface area contributed by atoms with Crippen molar-refractivity contribution in [1.82, 2.24) is 15.2 Å². The van der Waals surface area contributed by atoms with Crippen LogP contribution in [-0.2, 0) is 0 Å². The lowest BCUT2D eigenvalue weighted by atomic mass is 10.2. The molecule has 0 saturated carbocycles. The van der Waals surface area contributed by atoms with Crippen LogP contribution >= 0.6 is 11.3 Å². The van der Waals surface area contributed by atoms with Gasteiger partial charge in [0, 0.05) is 12.1 Å². The Kier molecular flexibility index (Phi) is 3.83. The van der Waals surface area contributed by atoms with Crippen molar-refractivity contribution in [2.75, 3.05) is 10.6 Å². The summed E-state index contributed by atoms with van der Waals surface area (Å²) < 4.78 is 0. The maximum atomic E-state index is 11.6. The Morgan fingerprint density at radius 1 is 1.28 bits per heavy atom. The molecule has 18 heavy (non-hydrogen) atoms. The number of pyridine rings is 1. The number of carbonyl (C=O) groups excluding carboxylic acids is 1. The number of rotatable bonds is 3. The highest BCUT2D eigenvalue weighted by Crippen LogP contribution is 2.22. The van der Waals surface area contributed by atoms with E-state index in [1.165, 1.54) is 11.3 Å². The standard InChI is InChI=1S/C11H13N5OS/c1-7(2)9-15-16-11(18-9)14-10(17)13-8-5-3-4-6-12-8/h3-7H,1-2H3,(H2,12,13,14,16,17). The number of anilines is 2. The first-order valence-electron chi connectivity index (χ1n) is 5.47. The average molecular weight is 263 g/mol. The number of urea groups is 1. The monoisotopic (exact) mass is 263 g/mol. The zero-order chi connectivity index (χ0) is 13.0. The molecule has 7 heteroatoms. The SMILES string of the molecule is CC(C)c1nnc(NC(=O)Nc2ccccn2)s1. The molecule has 0 aromatic carbocycles. The van der Waals surface area contributed by atoms with Gasteiger partial charge in [0.25, 0.3) is 0 Å². The van der Waals surface area contributed by atoms with E-state index in [9.17, 15) is 4.79 Å². The summed E-state index contributed by atoms with van der Waals surface area (Å²) in [5, 5.41) is 14.5. The van der Waals surface area contributed by atoms with E-state index in [4.69, 9.17) is 0 Å². The van der Waals surface area contributed by atoms with Crippen molar-refractivity contribution >= 4 is 28.3 Å². The first-order valence-corrected chi connectivity index (χ1v) is 6.29. The molecule has 2 amide bonds. The van der Waals surface area contributed by atoms with Gasteiger partial charge in [-0.05, 0) is 12.1 Å². The lowest BCUT2D eigenvalue weighted by Crippen LogP contribution is -2.19. The molecule has 0 atom stereocenters. The van der Waals surface area contributed by atoms with Crippen LogP contribution in [0.1, 0.15) is 24.8 Å². The summed E-state index contributed by atoms with van der Waals surface area (Å²) >= 11 is 1.37. The first kappa shape index (κ1) is 12.4. The molecular formula is C11H13N5OS. The summed E-state index contributed by atoms with van der Waals surface area (Å²) in [6.45, 7) is 4.05. The van der Waals surface area contributed by atoms with Crippen LogP contribution in [0.5, 0.6) is 0 Å². The van der Waals surface area contributed by atoms with E-state index in [0.29, 0.717) is 16.9 Å². The average Bonchev–Trinajstić information content (AvgIpc) is 2.78. The molecule has 0 unspecified atom stereocenters. The van der Waals surface area contributed by atoms with Gasteiger partial charge in [0.15, 0.2) is 0 Å². The highest BCUT2D eigenvalue weighted by Gasteiger charge is 2.10. The Labute approximate surface area is 108 Å². The van der Waals surface area contributed by atoms with Crippen molar-refractivity contribution in [3.63, 3.8) is 0 Å². The van der Waals surface area contributed by atoms with Gasteiger partial charge in [-0.3, -0.25) is 10.6 Å².